The zero-order valence-electron chi connectivity index (χ0n) is 18.3. The molecule has 0 unspecified atom stereocenters. The van der Waals surface area contributed by atoms with Crippen molar-refractivity contribution >= 4 is 5.91 Å². The Kier molecular flexibility index (Phi) is 6.72. The summed E-state index contributed by atoms with van der Waals surface area (Å²) in [7, 11) is 0. The van der Waals surface area contributed by atoms with Crippen LogP contribution in [0.25, 0.3) is 0 Å². The van der Waals surface area contributed by atoms with Gasteiger partial charge in [0, 0.05) is 56.5 Å². The van der Waals surface area contributed by atoms with Gasteiger partial charge in [0.2, 0.25) is 5.91 Å². The number of likely N-dealkylation sites (tertiary alicyclic amines) is 1. The lowest BCUT2D eigenvalue weighted by Crippen LogP contribution is -2.47. The minimum Gasteiger partial charge on any atom is -0.348 e. The maximum Gasteiger partial charge on any atom is 0.228 e. The van der Waals surface area contributed by atoms with E-state index in [1.807, 2.05) is 29.4 Å². The molecule has 1 amide bonds. The van der Waals surface area contributed by atoms with Crippen molar-refractivity contribution in [3.8, 4) is 0 Å². The van der Waals surface area contributed by atoms with Crippen molar-refractivity contribution in [3.63, 3.8) is 0 Å². The molecule has 1 saturated heterocycles. The maximum absolute atomic E-state index is 12.7. The Bertz CT molecular complexity index is 947. The molecular formula is C24H30N6O. The zero-order valence-corrected chi connectivity index (χ0v) is 18.3. The summed E-state index contributed by atoms with van der Waals surface area (Å²) in [4.78, 5) is 33.4. The number of aromatic amines is 1. The Balaban J connectivity index is 1.44. The summed E-state index contributed by atoms with van der Waals surface area (Å²) >= 11 is 0. The van der Waals surface area contributed by atoms with Gasteiger partial charge in [0.1, 0.15) is 0 Å². The second kappa shape index (κ2) is 9.83. The van der Waals surface area contributed by atoms with Crippen LogP contribution in [-0.4, -0.2) is 54.8 Å². The van der Waals surface area contributed by atoms with Gasteiger partial charge in [-0.05, 0) is 49.9 Å². The van der Waals surface area contributed by atoms with Crippen LogP contribution in [0.5, 0.6) is 0 Å². The highest BCUT2D eigenvalue weighted by molar-refractivity contribution is 5.78. The lowest BCUT2D eigenvalue weighted by Gasteiger charge is -2.38. The first-order valence-corrected chi connectivity index (χ1v) is 10.9. The summed E-state index contributed by atoms with van der Waals surface area (Å²) in [5.74, 6) is 0.162. The number of H-pyrrole nitrogens is 1. The van der Waals surface area contributed by atoms with Crippen LogP contribution >= 0.6 is 0 Å². The molecule has 1 aliphatic rings. The van der Waals surface area contributed by atoms with E-state index in [9.17, 15) is 4.79 Å². The molecule has 7 heteroatoms. The third-order valence-corrected chi connectivity index (χ3v) is 6.17. The van der Waals surface area contributed by atoms with Crippen LogP contribution in [0, 0.1) is 13.8 Å². The summed E-state index contributed by atoms with van der Waals surface area (Å²) in [5, 5.41) is 0. The highest BCUT2D eigenvalue weighted by atomic mass is 16.2. The fourth-order valence-corrected chi connectivity index (χ4v) is 4.20. The number of amides is 1. The lowest BCUT2D eigenvalue weighted by atomic mass is 10.0. The molecular weight excluding hydrogens is 388 g/mol. The first kappa shape index (κ1) is 21.2. The fraction of sp³-hybridized carbons (Fsp3) is 0.417. The van der Waals surface area contributed by atoms with Crippen LogP contribution in [0.3, 0.4) is 0 Å². The molecule has 0 saturated carbocycles. The predicted molar refractivity (Wildman–Crippen MR) is 119 cm³/mol. The van der Waals surface area contributed by atoms with Crippen LogP contribution in [0.1, 0.15) is 41.1 Å². The Hall–Kier alpha value is -3.06. The average molecular weight is 419 g/mol. The second-order valence-electron chi connectivity index (χ2n) is 8.30. The quantitative estimate of drug-likeness (QED) is 0.638. The Labute approximate surface area is 183 Å². The van der Waals surface area contributed by atoms with Gasteiger partial charge in [-0.2, -0.15) is 0 Å². The number of carbonyl (C=O) groups is 1. The van der Waals surface area contributed by atoms with Crippen molar-refractivity contribution in [1.82, 2.24) is 29.7 Å². The molecule has 4 heterocycles. The number of nitrogens with one attached hydrogen (secondary N) is 1. The first-order chi connectivity index (χ1) is 15.1. The van der Waals surface area contributed by atoms with Crippen molar-refractivity contribution in [3.05, 3.63) is 77.4 Å². The summed E-state index contributed by atoms with van der Waals surface area (Å²) in [6.07, 6.45) is 9.35. The minimum atomic E-state index is 0.162. The van der Waals surface area contributed by atoms with E-state index >= 15 is 0 Å². The number of hydrogen-bond donors (Lipinski definition) is 1. The Morgan fingerprint density at radius 2 is 1.68 bits per heavy atom. The van der Waals surface area contributed by atoms with Crippen molar-refractivity contribution in [2.75, 3.05) is 13.1 Å². The normalized spacial score (nSPS) is 14.9. The van der Waals surface area contributed by atoms with Crippen molar-refractivity contribution < 1.29 is 4.79 Å². The smallest absolute Gasteiger partial charge is 0.228 e. The van der Waals surface area contributed by atoms with Crippen LogP contribution in [0.2, 0.25) is 0 Å². The molecule has 162 valence electrons. The van der Waals surface area contributed by atoms with Gasteiger partial charge in [-0.25, -0.2) is 4.98 Å². The first-order valence-electron chi connectivity index (χ1n) is 10.9. The predicted octanol–water partition coefficient (Wildman–Crippen LogP) is 3.05. The molecule has 0 spiro atoms. The number of hydrogen-bond acceptors (Lipinski definition) is 5. The molecule has 0 aromatic carbocycles. The van der Waals surface area contributed by atoms with E-state index in [0.29, 0.717) is 12.5 Å². The molecule has 1 fully saturated rings. The molecule has 0 radical (unpaired) electrons. The third kappa shape index (κ3) is 5.35. The third-order valence-electron chi connectivity index (χ3n) is 6.17. The number of rotatable bonds is 7. The summed E-state index contributed by atoms with van der Waals surface area (Å²) < 4.78 is 0. The lowest BCUT2D eigenvalue weighted by molar-refractivity contribution is -0.132. The molecule has 0 aliphatic carbocycles. The molecule has 3 aromatic rings. The van der Waals surface area contributed by atoms with Gasteiger partial charge < -0.3 is 9.88 Å². The van der Waals surface area contributed by atoms with E-state index in [1.54, 1.807) is 12.5 Å². The molecule has 4 rings (SSSR count). The van der Waals surface area contributed by atoms with Gasteiger partial charge >= 0.3 is 0 Å². The highest BCUT2D eigenvalue weighted by Crippen LogP contribution is 2.23. The Morgan fingerprint density at radius 1 is 1.06 bits per heavy atom. The maximum atomic E-state index is 12.7. The largest absolute Gasteiger partial charge is 0.348 e. The van der Waals surface area contributed by atoms with E-state index in [2.05, 4.69) is 50.8 Å². The van der Waals surface area contributed by atoms with E-state index in [-0.39, 0.29) is 5.91 Å². The minimum absolute atomic E-state index is 0.162. The van der Waals surface area contributed by atoms with Crippen molar-refractivity contribution in [1.29, 1.82) is 0 Å². The van der Waals surface area contributed by atoms with Gasteiger partial charge in [-0.1, -0.05) is 12.1 Å². The summed E-state index contributed by atoms with van der Waals surface area (Å²) in [5.41, 5.74) is 5.49. The second-order valence-corrected chi connectivity index (χ2v) is 8.30. The molecule has 3 aromatic heterocycles. The number of aryl methyl sites for hydroxylation is 2. The molecule has 1 aliphatic heterocycles. The van der Waals surface area contributed by atoms with E-state index in [4.69, 9.17) is 0 Å². The number of imidazole rings is 1. The molecule has 31 heavy (non-hydrogen) atoms. The molecule has 0 atom stereocenters. The zero-order chi connectivity index (χ0) is 21.6. The summed E-state index contributed by atoms with van der Waals surface area (Å²) in [6, 6.07) is 8.58. The van der Waals surface area contributed by atoms with Gasteiger partial charge in [-0.15, -0.1) is 0 Å². The SMILES string of the molecule is Cc1cccnc1CN(Cc1ncccc1C)C1CCN(C(=O)Cc2cnc[nH]2)CC1. The summed E-state index contributed by atoms with van der Waals surface area (Å²) in [6.45, 7) is 7.35. The van der Waals surface area contributed by atoms with E-state index in [0.717, 1.165) is 56.1 Å². The van der Waals surface area contributed by atoms with Crippen LogP contribution in [0.4, 0.5) is 0 Å². The average Bonchev–Trinajstić information content (AvgIpc) is 3.29. The molecule has 0 bridgehead atoms. The number of piperidine rings is 1. The van der Waals surface area contributed by atoms with Crippen molar-refractivity contribution in [2.24, 2.45) is 0 Å². The van der Waals surface area contributed by atoms with E-state index < -0.39 is 0 Å². The standard InChI is InChI=1S/C24H30N6O/c1-18-5-3-9-26-22(18)15-30(16-23-19(2)6-4-10-27-23)21-7-11-29(12-8-21)24(31)13-20-14-25-17-28-20/h3-6,9-10,14,17,21H,7-8,11-13,15-16H2,1-2H3,(H,25,28). The monoisotopic (exact) mass is 418 g/mol. The number of pyridine rings is 2. The fourth-order valence-electron chi connectivity index (χ4n) is 4.20. The van der Waals surface area contributed by atoms with Gasteiger partial charge in [0.15, 0.2) is 0 Å². The van der Waals surface area contributed by atoms with Gasteiger partial charge in [-0.3, -0.25) is 19.7 Å². The highest BCUT2D eigenvalue weighted by Gasteiger charge is 2.28. The van der Waals surface area contributed by atoms with Crippen LogP contribution in [-0.2, 0) is 24.3 Å². The van der Waals surface area contributed by atoms with Crippen LogP contribution in [0.15, 0.2) is 49.2 Å². The van der Waals surface area contributed by atoms with Gasteiger partial charge in [0.25, 0.3) is 0 Å². The number of aromatic nitrogens is 4. The van der Waals surface area contributed by atoms with Gasteiger partial charge in [0.05, 0.1) is 24.1 Å². The molecule has 1 N–H and O–H groups in total. The topological polar surface area (TPSA) is 78.0 Å². The number of carbonyl (C=O) groups excluding carboxylic acids is 1. The van der Waals surface area contributed by atoms with Crippen LogP contribution < -0.4 is 0 Å². The van der Waals surface area contributed by atoms with Crippen molar-refractivity contribution in [2.45, 2.75) is 52.2 Å². The Morgan fingerprint density at radius 3 is 2.19 bits per heavy atom. The molecule has 7 nitrogen and oxygen atoms in total. The van der Waals surface area contributed by atoms with E-state index in [1.165, 1.54) is 11.1 Å². The number of nitrogens with zero attached hydrogens (tertiary/aromatic N) is 5.